The molecule has 0 saturated heterocycles. The topological polar surface area (TPSA) is 78.7 Å². The smallest absolute Gasteiger partial charge is 0.242 e. The molecular weight excluding hydrogens is 508 g/mol. The second-order valence-electron chi connectivity index (χ2n) is 9.93. The van der Waals surface area contributed by atoms with Gasteiger partial charge in [0.2, 0.25) is 17.7 Å². The molecule has 9 aromatic rings. The van der Waals surface area contributed by atoms with Gasteiger partial charge in [-0.05, 0) is 48.5 Å². The van der Waals surface area contributed by atoms with Gasteiger partial charge < -0.3 is 0 Å². The zero-order chi connectivity index (χ0) is 26.9. The van der Waals surface area contributed by atoms with Crippen molar-refractivity contribution in [3.8, 4) is 23.3 Å². The third-order valence-corrected chi connectivity index (χ3v) is 7.62. The van der Waals surface area contributed by atoms with E-state index in [0.29, 0.717) is 17.7 Å². The number of fused-ring (bicyclic) bond motifs is 8. The van der Waals surface area contributed by atoms with E-state index in [-0.39, 0.29) is 0 Å². The largest absolute Gasteiger partial charge is 0.278 e. The van der Waals surface area contributed by atoms with E-state index in [1.54, 1.807) is 12.4 Å². The summed E-state index contributed by atoms with van der Waals surface area (Å²) in [6.07, 6.45) is 3.53. The summed E-state index contributed by atoms with van der Waals surface area (Å²) in [5, 5.41) is 2.28. The van der Waals surface area contributed by atoms with Gasteiger partial charge in [0.25, 0.3) is 0 Å². The third-order valence-electron chi connectivity index (χ3n) is 7.62. The Bertz CT molecular complexity index is 2380. The minimum absolute atomic E-state index is 0.484. The van der Waals surface area contributed by atoms with Crippen molar-refractivity contribution < 1.29 is 0 Å². The second-order valence-corrected chi connectivity index (χ2v) is 9.93. The van der Waals surface area contributed by atoms with Crippen LogP contribution in [0.2, 0.25) is 0 Å². The number of rotatable bonds is 3. The molecule has 41 heavy (non-hydrogen) atoms. The number of hydrogen-bond donors (Lipinski definition) is 0. The number of imidazole rings is 2. The molecule has 0 aliphatic heterocycles. The summed E-state index contributed by atoms with van der Waals surface area (Å²) in [6.45, 7) is 0. The van der Waals surface area contributed by atoms with Gasteiger partial charge in [0.05, 0.1) is 33.1 Å². The highest BCUT2D eigenvalue weighted by Crippen LogP contribution is 2.33. The van der Waals surface area contributed by atoms with Gasteiger partial charge >= 0.3 is 0 Å². The van der Waals surface area contributed by atoms with Crippen molar-refractivity contribution in [1.29, 1.82) is 0 Å². The maximum Gasteiger partial charge on any atom is 0.242 e. The molecule has 0 saturated carbocycles. The van der Waals surface area contributed by atoms with Crippen LogP contribution < -0.4 is 0 Å². The van der Waals surface area contributed by atoms with E-state index < -0.39 is 0 Å². The third kappa shape index (κ3) is 3.12. The van der Waals surface area contributed by atoms with Crippen LogP contribution in [0.5, 0.6) is 0 Å². The lowest BCUT2D eigenvalue weighted by atomic mass is 10.2. The van der Waals surface area contributed by atoms with Gasteiger partial charge in [0.15, 0.2) is 5.82 Å². The Morgan fingerprint density at radius 1 is 0.463 bits per heavy atom. The number of benzene rings is 4. The molecule has 0 atom stereocenters. The molecule has 8 heteroatoms. The summed E-state index contributed by atoms with van der Waals surface area (Å²) in [5.74, 6) is 2.28. The van der Waals surface area contributed by atoms with Crippen molar-refractivity contribution in [1.82, 2.24) is 38.5 Å². The Labute approximate surface area is 232 Å². The van der Waals surface area contributed by atoms with Crippen molar-refractivity contribution in [2.24, 2.45) is 0 Å². The van der Waals surface area contributed by atoms with Crippen LogP contribution in [0.3, 0.4) is 0 Å². The van der Waals surface area contributed by atoms with Crippen molar-refractivity contribution in [3.63, 3.8) is 0 Å². The number of aromatic nitrogens is 8. The summed E-state index contributed by atoms with van der Waals surface area (Å²) in [7, 11) is 0. The molecule has 9 rings (SSSR count). The Balaban J connectivity index is 1.43. The van der Waals surface area contributed by atoms with Gasteiger partial charge in [-0.2, -0.15) is 15.0 Å². The maximum absolute atomic E-state index is 5.14. The Kier molecular flexibility index (Phi) is 4.45. The average Bonchev–Trinajstić information content (AvgIpc) is 3.68. The average molecular weight is 529 g/mol. The van der Waals surface area contributed by atoms with Gasteiger partial charge in [0, 0.05) is 28.7 Å². The molecule has 0 radical (unpaired) electrons. The van der Waals surface area contributed by atoms with Crippen LogP contribution in [-0.4, -0.2) is 38.5 Å². The van der Waals surface area contributed by atoms with E-state index in [1.807, 2.05) is 59.2 Å². The van der Waals surface area contributed by atoms with Crippen LogP contribution in [0.15, 0.2) is 122 Å². The summed E-state index contributed by atoms with van der Waals surface area (Å²) >= 11 is 0. The zero-order valence-corrected chi connectivity index (χ0v) is 21.6. The van der Waals surface area contributed by atoms with Crippen molar-refractivity contribution in [2.45, 2.75) is 0 Å². The first-order valence-corrected chi connectivity index (χ1v) is 13.4. The first kappa shape index (κ1) is 22.0. The summed E-state index contributed by atoms with van der Waals surface area (Å²) in [4.78, 5) is 24.6. The Hall–Kier alpha value is -5.89. The molecular formula is C33H20N8. The molecule has 0 unspecified atom stereocenters. The molecule has 5 heterocycles. The predicted molar refractivity (Wildman–Crippen MR) is 160 cm³/mol. The molecule has 0 aliphatic rings. The highest BCUT2D eigenvalue weighted by Gasteiger charge is 2.22. The fourth-order valence-corrected chi connectivity index (χ4v) is 5.86. The van der Waals surface area contributed by atoms with E-state index in [2.05, 4.69) is 68.5 Å². The maximum atomic E-state index is 5.14. The van der Waals surface area contributed by atoms with Crippen LogP contribution >= 0.6 is 0 Å². The van der Waals surface area contributed by atoms with Crippen molar-refractivity contribution in [3.05, 3.63) is 122 Å². The van der Waals surface area contributed by atoms with E-state index in [1.165, 1.54) is 0 Å². The molecule has 0 bridgehead atoms. The monoisotopic (exact) mass is 528 g/mol. The zero-order valence-electron chi connectivity index (χ0n) is 21.6. The standard InChI is InChI=1S/C33H20N8/c1-4-14-25-22(11-1)23-12-2-5-15-26(23)39(25)31-36-30(21-10-9-19-34-20-21)37-32(38-31)41-29-18-8-7-17-28(29)40-27-16-6-3-13-24(27)35-33(40)41/h1-20H. The van der Waals surface area contributed by atoms with Gasteiger partial charge in [-0.15, -0.1) is 0 Å². The fraction of sp³-hybridized carbons (Fsp3) is 0. The van der Waals surface area contributed by atoms with Crippen molar-refractivity contribution in [2.75, 3.05) is 0 Å². The van der Waals surface area contributed by atoms with Gasteiger partial charge in [-0.1, -0.05) is 60.7 Å². The Morgan fingerprint density at radius 2 is 1.07 bits per heavy atom. The molecule has 0 amide bonds. The number of pyridine rings is 1. The summed E-state index contributed by atoms with van der Waals surface area (Å²) in [6, 6.07) is 36.9. The summed E-state index contributed by atoms with van der Waals surface area (Å²) < 4.78 is 6.30. The molecule has 0 aliphatic carbocycles. The van der Waals surface area contributed by atoms with Crippen LogP contribution in [0.25, 0.3) is 72.9 Å². The van der Waals surface area contributed by atoms with E-state index >= 15 is 0 Å². The van der Waals surface area contributed by atoms with E-state index in [0.717, 1.165) is 55.2 Å². The van der Waals surface area contributed by atoms with Crippen LogP contribution in [-0.2, 0) is 0 Å². The molecule has 192 valence electrons. The van der Waals surface area contributed by atoms with Crippen molar-refractivity contribution >= 4 is 49.7 Å². The molecule has 0 spiro atoms. The lowest BCUT2D eigenvalue weighted by molar-refractivity contribution is 0.884. The minimum atomic E-state index is 0.484. The SMILES string of the molecule is c1cncc(-c2nc(-n3c4ccccc4c4ccccc43)nc(-n3c4ccccc4n4c5ccccc5nc34)n2)c1. The molecule has 8 nitrogen and oxygen atoms in total. The van der Waals surface area contributed by atoms with E-state index in [9.17, 15) is 0 Å². The van der Waals surface area contributed by atoms with Crippen LogP contribution in [0.1, 0.15) is 0 Å². The highest BCUT2D eigenvalue weighted by atomic mass is 15.3. The van der Waals surface area contributed by atoms with E-state index in [4.69, 9.17) is 19.9 Å². The lowest BCUT2D eigenvalue weighted by Gasteiger charge is -2.11. The molecule has 0 N–H and O–H groups in total. The fourth-order valence-electron chi connectivity index (χ4n) is 5.86. The molecule has 5 aromatic heterocycles. The van der Waals surface area contributed by atoms with Gasteiger partial charge in [0.1, 0.15) is 0 Å². The number of hydrogen-bond acceptors (Lipinski definition) is 5. The first-order chi connectivity index (χ1) is 20.3. The van der Waals surface area contributed by atoms with Gasteiger partial charge in [-0.25, -0.2) is 9.55 Å². The number of para-hydroxylation sites is 6. The first-order valence-electron chi connectivity index (χ1n) is 13.4. The normalized spacial score (nSPS) is 11.9. The number of nitrogens with zero attached hydrogens (tertiary/aromatic N) is 8. The quantitative estimate of drug-likeness (QED) is 0.253. The van der Waals surface area contributed by atoms with Crippen LogP contribution in [0, 0.1) is 0 Å². The van der Waals surface area contributed by atoms with Crippen LogP contribution in [0.4, 0.5) is 0 Å². The summed E-state index contributed by atoms with van der Waals surface area (Å²) in [5.41, 5.74) is 6.77. The highest BCUT2D eigenvalue weighted by molar-refractivity contribution is 6.09. The molecule has 4 aromatic carbocycles. The second kappa shape index (κ2) is 8.30. The van der Waals surface area contributed by atoms with Gasteiger partial charge in [-0.3, -0.25) is 14.0 Å². The molecule has 0 fully saturated rings. The predicted octanol–water partition coefficient (Wildman–Crippen LogP) is 6.78. The lowest BCUT2D eigenvalue weighted by Crippen LogP contribution is -2.10. The minimum Gasteiger partial charge on any atom is -0.278 e. The Morgan fingerprint density at radius 3 is 1.78 bits per heavy atom.